The van der Waals surface area contributed by atoms with Gasteiger partial charge in [-0.25, -0.2) is 4.98 Å². The summed E-state index contributed by atoms with van der Waals surface area (Å²) in [4.78, 5) is 14.2. The first-order chi connectivity index (χ1) is 10.1. The van der Waals surface area contributed by atoms with Crippen LogP contribution in [-0.2, 0) is 6.42 Å². The van der Waals surface area contributed by atoms with Gasteiger partial charge in [0.2, 0.25) is 5.95 Å². The van der Waals surface area contributed by atoms with Gasteiger partial charge in [0.1, 0.15) is 5.82 Å². The summed E-state index contributed by atoms with van der Waals surface area (Å²) in [7, 11) is 2.17. The average molecular weight is 291 g/mol. The minimum Gasteiger partial charge on any atom is -0.370 e. The van der Waals surface area contributed by atoms with Crippen LogP contribution in [0.4, 0.5) is 11.8 Å². The molecule has 1 saturated heterocycles. The Morgan fingerprint density at radius 1 is 1.19 bits per heavy atom. The summed E-state index contributed by atoms with van der Waals surface area (Å²) in [5.74, 6) is 2.47. The number of nitrogens with one attached hydrogen (secondary N) is 1. The molecular weight excluding hydrogens is 262 g/mol. The summed E-state index contributed by atoms with van der Waals surface area (Å²) in [6.07, 6.45) is 2.11. The van der Waals surface area contributed by atoms with Crippen LogP contribution in [0.25, 0.3) is 0 Å². The zero-order valence-corrected chi connectivity index (χ0v) is 13.9. The normalized spacial score (nSPS) is 16.5. The average Bonchev–Trinajstić information content (AvgIpc) is 2.45. The topological polar surface area (TPSA) is 44.3 Å². The Morgan fingerprint density at radius 2 is 1.90 bits per heavy atom. The summed E-state index contributed by atoms with van der Waals surface area (Å²) >= 11 is 0. The van der Waals surface area contributed by atoms with Crippen LogP contribution in [0, 0.1) is 5.92 Å². The van der Waals surface area contributed by atoms with Crippen molar-refractivity contribution < 1.29 is 0 Å². The van der Waals surface area contributed by atoms with E-state index in [9.17, 15) is 0 Å². The van der Waals surface area contributed by atoms with Gasteiger partial charge in [-0.15, -0.1) is 0 Å². The highest BCUT2D eigenvalue weighted by Crippen LogP contribution is 2.18. The Kier molecular flexibility index (Phi) is 5.79. The van der Waals surface area contributed by atoms with Gasteiger partial charge in [-0.2, -0.15) is 4.98 Å². The number of piperazine rings is 1. The molecule has 0 saturated carbocycles. The standard InChI is InChI=1S/C16H29N5/c1-5-6-17-15-12-14(11-13(2)3)18-16(19-15)21-9-7-20(4)8-10-21/h12-13H,5-11H2,1-4H3,(H,17,18,19). The van der Waals surface area contributed by atoms with E-state index < -0.39 is 0 Å². The first kappa shape index (κ1) is 16.0. The molecule has 0 atom stereocenters. The molecule has 1 N–H and O–H groups in total. The molecule has 0 unspecified atom stereocenters. The molecule has 0 spiro atoms. The summed E-state index contributed by atoms with van der Waals surface area (Å²) in [6.45, 7) is 11.8. The van der Waals surface area contributed by atoms with Crippen LogP contribution in [0.1, 0.15) is 32.9 Å². The smallest absolute Gasteiger partial charge is 0.227 e. The van der Waals surface area contributed by atoms with E-state index in [4.69, 9.17) is 9.97 Å². The first-order valence-corrected chi connectivity index (χ1v) is 8.13. The van der Waals surface area contributed by atoms with E-state index >= 15 is 0 Å². The van der Waals surface area contributed by atoms with Gasteiger partial charge in [0.25, 0.3) is 0 Å². The highest BCUT2D eigenvalue weighted by molar-refractivity contribution is 5.44. The molecule has 21 heavy (non-hydrogen) atoms. The molecule has 1 aliphatic rings. The predicted octanol–water partition coefficient (Wildman–Crippen LogP) is 2.25. The van der Waals surface area contributed by atoms with Crippen LogP contribution in [0.3, 0.4) is 0 Å². The predicted molar refractivity (Wildman–Crippen MR) is 89.1 cm³/mol. The first-order valence-electron chi connectivity index (χ1n) is 8.13. The van der Waals surface area contributed by atoms with Crippen molar-refractivity contribution in [2.24, 2.45) is 5.92 Å². The van der Waals surface area contributed by atoms with Crippen LogP contribution in [0.15, 0.2) is 6.07 Å². The van der Waals surface area contributed by atoms with Crippen LogP contribution in [-0.4, -0.2) is 54.6 Å². The van der Waals surface area contributed by atoms with Gasteiger partial charge in [-0.3, -0.25) is 0 Å². The molecule has 2 heterocycles. The molecule has 118 valence electrons. The van der Waals surface area contributed by atoms with E-state index in [0.717, 1.165) is 63.0 Å². The fourth-order valence-corrected chi connectivity index (χ4v) is 2.50. The molecule has 1 fully saturated rings. The third-order valence-electron chi connectivity index (χ3n) is 3.73. The van der Waals surface area contributed by atoms with Crippen LogP contribution < -0.4 is 10.2 Å². The summed E-state index contributed by atoms with van der Waals surface area (Å²) < 4.78 is 0. The maximum Gasteiger partial charge on any atom is 0.227 e. The lowest BCUT2D eigenvalue weighted by atomic mass is 10.1. The number of likely N-dealkylation sites (N-methyl/N-ethyl adjacent to an activating group) is 1. The van der Waals surface area contributed by atoms with Crippen molar-refractivity contribution in [3.63, 3.8) is 0 Å². The zero-order valence-electron chi connectivity index (χ0n) is 13.9. The highest BCUT2D eigenvalue weighted by atomic mass is 15.3. The molecule has 5 heteroatoms. The molecule has 0 aliphatic carbocycles. The Bertz CT molecular complexity index is 438. The third-order valence-corrected chi connectivity index (χ3v) is 3.73. The van der Waals surface area contributed by atoms with Crippen LogP contribution >= 0.6 is 0 Å². The van der Waals surface area contributed by atoms with Crippen molar-refractivity contribution in [1.82, 2.24) is 14.9 Å². The molecule has 2 rings (SSSR count). The fraction of sp³-hybridized carbons (Fsp3) is 0.750. The molecule has 1 aromatic heterocycles. The van der Waals surface area contributed by atoms with Crippen molar-refractivity contribution in [2.75, 3.05) is 50.0 Å². The maximum absolute atomic E-state index is 4.79. The molecule has 0 radical (unpaired) electrons. The van der Waals surface area contributed by atoms with Gasteiger partial charge >= 0.3 is 0 Å². The van der Waals surface area contributed by atoms with Crippen LogP contribution in [0.5, 0.6) is 0 Å². The Labute approximate surface area is 128 Å². The number of hydrogen-bond donors (Lipinski definition) is 1. The minimum atomic E-state index is 0.610. The number of rotatable bonds is 6. The fourth-order valence-electron chi connectivity index (χ4n) is 2.50. The largest absolute Gasteiger partial charge is 0.370 e. The SMILES string of the molecule is CCCNc1cc(CC(C)C)nc(N2CCN(C)CC2)n1. The zero-order chi connectivity index (χ0) is 15.2. The number of anilines is 2. The third kappa shape index (κ3) is 4.84. The maximum atomic E-state index is 4.79. The van der Waals surface area contributed by atoms with Gasteiger partial charge in [-0.05, 0) is 25.8 Å². The number of hydrogen-bond acceptors (Lipinski definition) is 5. The Balaban J connectivity index is 2.17. The molecular formula is C16H29N5. The van der Waals surface area contributed by atoms with Crippen molar-refractivity contribution in [1.29, 1.82) is 0 Å². The van der Waals surface area contributed by atoms with E-state index in [2.05, 4.69) is 49.0 Å². The Morgan fingerprint density at radius 3 is 2.52 bits per heavy atom. The molecule has 0 bridgehead atoms. The second kappa shape index (κ2) is 7.59. The summed E-state index contributed by atoms with van der Waals surface area (Å²) in [5, 5.41) is 3.41. The molecule has 0 aromatic carbocycles. The lowest BCUT2D eigenvalue weighted by molar-refractivity contribution is 0.311. The summed E-state index contributed by atoms with van der Waals surface area (Å²) in [6, 6.07) is 2.11. The van der Waals surface area contributed by atoms with Gasteiger partial charge in [0.15, 0.2) is 0 Å². The molecule has 1 aromatic rings. The van der Waals surface area contributed by atoms with E-state index in [1.807, 2.05) is 0 Å². The number of nitrogens with zero attached hydrogens (tertiary/aromatic N) is 4. The van der Waals surface area contributed by atoms with Gasteiger partial charge in [0, 0.05) is 44.5 Å². The van der Waals surface area contributed by atoms with E-state index in [-0.39, 0.29) is 0 Å². The second-order valence-corrected chi connectivity index (χ2v) is 6.36. The Hall–Kier alpha value is -1.36. The van der Waals surface area contributed by atoms with Gasteiger partial charge in [-0.1, -0.05) is 20.8 Å². The van der Waals surface area contributed by atoms with E-state index in [1.165, 1.54) is 0 Å². The second-order valence-electron chi connectivity index (χ2n) is 6.36. The molecule has 0 amide bonds. The van der Waals surface area contributed by atoms with Crippen molar-refractivity contribution >= 4 is 11.8 Å². The monoisotopic (exact) mass is 291 g/mol. The van der Waals surface area contributed by atoms with E-state index in [1.54, 1.807) is 0 Å². The minimum absolute atomic E-state index is 0.610. The summed E-state index contributed by atoms with van der Waals surface area (Å²) in [5.41, 5.74) is 1.15. The lowest BCUT2D eigenvalue weighted by Crippen LogP contribution is -2.45. The van der Waals surface area contributed by atoms with Gasteiger partial charge < -0.3 is 15.1 Å². The van der Waals surface area contributed by atoms with E-state index in [0.29, 0.717) is 5.92 Å². The highest BCUT2D eigenvalue weighted by Gasteiger charge is 2.18. The number of aromatic nitrogens is 2. The van der Waals surface area contributed by atoms with Crippen molar-refractivity contribution in [3.8, 4) is 0 Å². The molecule has 5 nitrogen and oxygen atoms in total. The lowest BCUT2D eigenvalue weighted by Gasteiger charge is -2.32. The van der Waals surface area contributed by atoms with Gasteiger partial charge in [0.05, 0.1) is 0 Å². The van der Waals surface area contributed by atoms with Crippen molar-refractivity contribution in [2.45, 2.75) is 33.6 Å². The quantitative estimate of drug-likeness (QED) is 0.871. The van der Waals surface area contributed by atoms with Crippen LogP contribution in [0.2, 0.25) is 0 Å². The van der Waals surface area contributed by atoms with Crippen molar-refractivity contribution in [3.05, 3.63) is 11.8 Å². The molecule has 1 aliphatic heterocycles.